The number of amides is 1. The average Bonchev–Trinajstić information content (AvgIpc) is 2.74. The molecule has 1 aromatic rings. The third-order valence-corrected chi connectivity index (χ3v) is 4.82. The van der Waals surface area contributed by atoms with Gasteiger partial charge in [-0.2, -0.15) is 0 Å². The number of fused-ring (bicyclic) bond motifs is 2. The third-order valence-electron chi connectivity index (χ3n) is 4.61. The van der Waals surface area contributed by atoms with Crippen molar-refractivity contribution in [2.24, 2.45) is 0 Å². The summed E-state index contributed by atoms with van der Waals surface area (Å²) in [5, 5.41) is 4.24. The van der Waals surface area contributed by atoms with Gasteiger partial charge in [-0.1, -0.05) is 11.6 Å². The number of carbonyl (C=O) groups is 1. The van der Waals surface area contributed by atoms with Crippen LogP contribution in [-0.4, -0.2) is 36.0 Å². The van der Waals surface area contributed by atoms with Gasteiger partial charge in [0.25, 0.3) is 5.91 Å². The summed E-state index contributed by atoms with van der Waals surface area (Å²) < 4.78 is 0. The number of piperidine rings is 1. The van der Waals surface area contributed by atoms with E-state index in [4.69, 9.17) is 11.6 Å². The molecule has 5 heteroatoms. The predicted molar refractivity (Wildman–Crippen MR) is 88.5 cm³/mol. The van der Waals surface area contributed by atoms with Crippen LogP contribution in [0.15, 0.2) is 18.2 Å². The number of nitrogens with zero attached hydrogens (tertiary/aromatic N) is 1. The molecule has 2 aliphatic heterocycles. The molecule has 2 bridgehead atoms. The van der Waals surface area contributed by atoms with Gasteiger partial charge >= 0.3 is 0 Å². The SMILES string of the molecule is Cc1cc(Cl)cc(C(=O)N(C)C2CC3CCC(C2)N3)c1.Cl. The molecule has 2 saturated heterocycles. The molecule has 1 N–H and O–H groups in total. The summed E-state index contributed by atoms with van der Waals surface area (Å²) in [4.78, 5) is 14.5. The molecule has 2 heterocycles. The fraction of sp³-hybridized carbons (Fsp3) is 0.562. The molecule has 116 valence electrons. The van der Waals surface area contributed by atoms with E-state index < -0.39 is 0 Å². The fourth-order valence-corrected chi connectivity index (χ4v) is 3.86. The van der Waals surface area contributed by atoms with Crippen molar-refractivity contribution >= 4 is 29.9 Å². The number of rotatable bonds is 2. The van der Waals surface area contributed by atoms with Gasteiger partial charge < -0.3 is 10.2 Å². The molecule has 2 unspecified atom stereocenters. The summed E-state index contributed by atoms with van der Waals surface area (Å²) >= 11 is 6.06. The smallest absolute Gasteiger partial charge is 0.253 e. The lowest BCUT2D eigenvalue weighted by atomic mass is 9.98. The van der Waals surface area contributed by atoms with Crippen LogP contribution < -0.4 is 5.32 Å². The molecule has 0 radical (unpaired) electrons. The second-order valence-electron chi connectivity index (χ2n) is 6.20. The first kappa shape index (κ1) is 16.6. The van der Waals surface area contributed by atoms with Crippen LogP contribution in [0.25, 0.3) is 0 Å². The normalized spacial score (nSPS) is 27.1. The molecule has 3 nitrogen and oxygen atoms in total. The van der Waals surface area contributed by atoms with Crippen LogP contribution in [0.4, 0.5) is 0 Å². The van der Waals surface area contributed by atoms with Crippen molar-refractivity contribution in [3.63, 3.8) is 0 Å². The summed E-state index contributed by atoms with van der Waals surface area (Å²) in [6.07, 6.45) is 4.63. The second kappa shape index (κ2) is 6.55. The van der Waals surface area contributed by atoms with E-state index in [1.807, 2.05) is 31.0 Å². The molecule has 21 heavy (non-hydrogen) atoms. The van der Waals surface area contributed by atoms with Gasteiger partial charge in [0.2, 0.25) is 0 Å². The van der Waals surface area contributed by atoms with Crippen molar-refractivity contribution in [3.05, 3.63) is 34.3 Å². The van der Waals surface area contributed by atoms with Gasteiger partial charge in [0.15, 0.2) is 0 Å². The second-order valence-corrected chi connectivity index (χ2v) is 6.63. The Morgan fingerprint density at radius 1 is 1.24 bits per heavy atom. The summed E-state index contributed by atoms with van der Waals surface area (Å²) in [6, 6.07) is 7.10. The Morgan fingerprint density at radius 3 is 2.43 bits per heavy atom. The molecule has 0 saturated carbocycles. The maximum Gasteiger partial charge on any atom is 0.253 e. The minimum absolute atomic E-state index is 0. The van der Waals surface area contributed by atoms with Gasteiger partial charge in [0.1, 0.15) is 0 Å². The molecule has 1 aromatic carbocycles. The van der Waals surface area contributed by atoms with E-state index in [2.05, 4.69) is 5.32 Å². The van der Waals surface area contributed by atoms with Crippen LogP contribution in [0, 0.1) is 6.92 Å². The zero-order valence-electron chi connectivity index (χ0n) is 12.4. The molecule has 3 rings (SSSR count). The van der Waals surface area contributed by atoms with Crippen LogP contribution in [0.1, 0.15) is 41.6 Å². The Kier molecular flexibility index (Phi) is 5.18. The van der Waals surface area contributed by atoms with Crippen molar-refractivity contribution in [2.75, 3.05) is 7.05 Å². The lowest BCUT2D eigenvalue weighted by Gasteiger charge is -2.35. The average molecular weight is 329 g/mol. The zero-order valence-corrected chi connectivity index (χ0v) is 14.0. The first-order valence-electron chi connectivity index (χ1n) is 7.33. The minimum Gasteiger partial charge on any atom is -0.339 e. The number of nitrogens with one attached hydrogen (secondary N) is 1. The maximum absolute atomic E-state index is 12.6. The van der Waals surface area contributed by atoms with Gasteiger partial charge in [-0.25, -0.2) is 0 Å². The number of halogens is 2. The summed E-state index contributed by atoms with van der Waals surface area (Å²) in [6.45, 7) is 1.97. The highest BCUT2D eigenvalue weighted by atomic mass is 35.5. The van der Waals surface area contributed by atoms with Crippen LogP contribution in [0.5, 0.6) is 0 Å². The molecule has 2 fully saturated rings. The largest absolute Gasteiger partial charge is 0.339 e. The quantitative estimate of drug-likeness (QED) is 0.902. The van der Waals surface area contributed by atoms with Crippen LogP contribution in [0.2, 0.25) is 5.02 Å². The highest BCUT2D eigenvalue weighted by Crippen LogP contribution is 2.30. The van der Waals surface area contributed by atoms with Crippen LogP contribution in [0.3, 0.4) is 0 Å². The van der Waals surface area contributed by atoms with Crippen LogP contribution >= 0.6 is 24.0 Å². The number of hydrogen-bond acceptors (Lipinski definition) is 2. The predicted octanol–water partition coefficient (Wildman–Crippen LogP) is 3.43. The first-order chi connectivity index (χ1) is 9.52. The van der Waals surface area contributed by atoms with Gasteiger partial charge in [-0.3, -0.25) is 4.79 Å². The van der Waals surface area contributed by atoms with E-state index in [9.17, 15) is 4.79 Å². The molecule has 0 spiro atoms. The Hall–Kier alpha value is -0.770. The molecular formula is C16H22Cl2N2O. The van der Waals surface area contributed by atoms with Crippen LogP contribution in [-0.2, 0) is 0 Å². The Bertz CT molecular complexity index is 503. The molecule has 0 aliphatic carbocycles. The van der Waals surface area contributed by atoms with Crippen molar-refractivity contribution in [2.45, 2.75) is 50.7 Å². The fourth-order valence-electron chi connectivity index (χ4n) is 3.57. The Morgan fingerprint density at radius 2 is 1.86 bits per heavy atom. The van der Waals surface area contributed by atoms with Gasteiger partial charge in [-0.15, -0.1) is 12.4 Å². The van der Waals surface area contributed by atoms with E-state index in [1.54, 1.807) is 6.07 Å². The highest BCUT2D eigenvalue weighted by Gasteiger charge is 2.36. The molecule has 0 aromatic heterocycles. The van der Waals surface area contributed by atoms with Gasteiger partial charge in [0, 0.05) is 35.8 Å². The summed E-state index contributed by atoms with van der Waals surface area (Å²) in [7, 11) is 1.92. The third kappa shape index (κ3) is 3.53. The number of aryl methyl sites for hydroxylation is 1. The van der Waals surface area contributed by atoms with Crippen molar-refractivity contribution in [1.29, 1.82) is 0 Å². The number of carbonyl (C=O) groups excluding carboxylic acids is 1. The molecular weight excluding hydrogens is 307 g/mol. The van der Waals surface area contributed by atoms with E-state index >= 15 is 0 Å². The lowest BCUT2D eigenvalue weighted by Crippen LogP contribution is -2.48. The number of benzene rings is 1. The number of hydrogen-bond donors (Lipinski definition) is 1. The molecule has 2 atom stereocenters. The zero-order chi connectivity index (χ0) is 14.3. The summed E-state index contributed by atoms with van der Waals surface area (Å²) in [5.74, 6) is 0.0851. The molecule has 2 aliphatic rings. The Balaban J connectivity index is 0.00000161. The van der Waals surface area contributed by atoms with Gasteiger partial charge in [-0.05, 0) is 56.4 Å². The van der Waals surface area contributed by atoms with Crippen molar-refractivity contribution in [3.8, 4) is 0 Å². The van der Waals surface area contributed by atoms with Gasteiger partial charge in [0.05, 0.1) is 0 Å². The minimum atomic E-state index is 0. The first-order valence-corrected chi connectivity index (χ1v) is 7.71. The topological polar surface area (TPSA) is 32.3 Å². The van der Waals surface area contributed by atoms with E-state index in [0.717, 1.165) is 18.4 Å². The van der Waals surface area contributed by atoms with E-state index in [-0.39, 0.29) is 18.3 Å². The summed E-state index contributed by atoms with van der Waals surface area (Å²) in [5.41, 5.74) is 1.73. The van der Waals surface area contributed by atoms with E-state index in [1.165, 1.54) is 12.8 Å². The van der Waals surface area contributed by atoms with Crippen molar-refractivity contribution in [1.82, 2.24) is 10.2 Å². The maximum atomic E-state index is 12.6. The van der Waals surface area contributed by atoms with E-state index in [0.29, 0.717) is 28.7 Å². The Labute approximate surface area is 137 Å². The standard InChI is InChI=1S/C16H21ClN2O.ClH/c1-10-5-11(7-12(17)6-10)16(20)19(2)15-8-13-3-4-14(9-15)18-13;/h5-7,13-15,18H,3-4,8-9H2,1-2H3;1H. The monoisotopic (exact) mass is 328 g/mol. The van der Waals surface area contributed by atoms with Crippen molar-refractivity contribution < 1.29 is 4.79 Å². The highest BCUT2D eigenvalue weighted by molar-refractivity contribution is 6.31. The lowest BCUT2D eigenvalue weighted by molar-refractivity contribution is 0.0681. The molecule has 1 amide bonds.